The molecule has 5 nitrogen and oxygen atoms in total. The molecule has 106 valence electrons. The lowest BCUT2D eigenvalue weighted by atomic mass is 9.80. The summed E-state index contributed by atoms with van der Waals surface area (Å²) >= 11 is 1.69. The van der Waals surface area contributed by atoms with Crippen LogP contribution in [0.4, 0.5) is 5.82 Å². The molecule has 0 bridgehead atoms. The molecule has 6 heteroatoms. The molecule has 2 aromatic heterocycles. The Morgan fingerprint density at radius 2 is 2.20 bits per heavy atom. The minimum absolute atomic E-state index is 0.152. The van der Waals surface area contributed by atoms with E-state index in [1.165, 1.54) is 4.88 Å². The van der Waals surface area contributed by atoms with Crippen LogP contribution < -0.4 is 5.32 Å². The zero-order valence-electron chi connectivity index (χ0n) is 11.4. The zero-order valence-corrected chi connectivity index (χ0v) is 12.2. The number of aliphatic hydroxyl groups excluding tert-OH is 1. The third-order valence-corrected chi connectivity index (χ3v) is 4.72. The van der Waals surface area contributed by atoms with E-state index in [1.807, 2.05) is 18.5 Å². The summed E-state index contributed by atoms with van der Waals surface area (Å²) in [5.41, 5.74) is 4.03. The van der Waals surface area contributed by atoms with Gasteiger partial charge in [0.05, 0.1) is 17.3 Å². The van der Waals surface area contributed by atoms with Crippen molar-refractivity contribution < 1.29 is 5.11 Å². The zero-order chi connectivity index (χ0) is 13.9. The molecule has 1 fully saturated rings. The van der Waals surface area contributed by atoms with Crippen molar-refractivity contribution in [1.29, 1.82) is 0 Å². The van der Waals surface area contributed by atoms with E-state index in [9.17, 15) is 5.11 Å². The van der Waals surface area contributed by atoms with Crippen molar-refractivity contribution in [2.45, 2.75) is 38.2 Å². The van der Waals surface area contributed by atoms with E-state index in [2.05, 4.69) is 20.3 Å². The Morgan fingerprint density at radius 1 is 1.35 bits per heavy atom. The number of nitrogens with one attached hydrogen (secondary N) is 1. The predicted octanol–water partition coefficient (Wildman–Crippen LogP) is 2.13. The van der Waals surface area contributed by atoms with Crippen LogP contribution in [-0.4, -0.2) is 32.7 Å². The van der Waals surface area contributed by atoms with Gasteiger partial charge in [0, 0.05) is 35.5 Å². The maximum Gasteiger partial charge on any atom is 0.129 e. The first-order chi connectivity index (χ1) is 9.72. The molecule has 0 unspecified atom stereocenters. The van der Waals surface area contributed by atoms with Crippen LogP contribution in [0.2, 0.25) is 0 Å². The highest BCUT2D eigenvalue weighted by atomic mass is 32.1. The molecule has 2 aromatic rings. The van der Waals surface area contributed by atoms with E-state index in [4.69, 9.17) is 0 Å². The quantitative estimate of drug-likeness (QED) is 0.882. The van der Waals surface area contributed by atoms with Gasteiger partial charge in [0.1, 0.15) is 12.1 Å². The molecule has 0 radical (unpaired) electrons. The molecule has 0 aliphatic heterocycles. The van der Waals surface area contributed by atoms with E-state index in [-0.39, 0.29) is 6.10 Å². The van der Waals surface area contributed by atoms with Crippen molar-refractivity contribution in [2.75, 3.05) is 11.9 Å². The minimum Gasteiger partial charge on any atom is -0.393 e. The molecule has 2 N–H and O–H groups in total. The van der Waals surface area contributed by atoms with E-state index in [0.717, 1.165) is 43.0 Å². The topological polar surface area (TPSA) is 70.9 Å². The average Bonchev–Trinajstić information content (AvgIpc) is 2.81. The largest absolute Gasteiger partial charge is 0.393 e. The first kappa shape index (κ1) is 13.5. The van der Waals surface area contributed by atoms with Gasteiger partial charge in [-0.05, 0) is 19.8 Å². The highest BCUT2D eigenvalue weighted by Crippen LogP contribution is 2.35. The molecule has 0 aromatic carbocycles. The summed E-state index contributed by atoms with van der Waals surface area (Å²) in [5, 5.41) is 12.7. The first-order valence-corrected chi connectivity index (χ1v) is 7.73. The summed E-state index contributed by atoms with van der Waals surface area (Å²) in [6, 6.07) is 2.00. The van der Waals surface area contributed by atoms with Crippen LogP contribution in [0.1, 0.15) is 35.0 Å². The van der Waals surface area contributed by atoms with Gasteiger partial charge in [-0.3, -0.25) is 0 Å². The molecule has 0 amide bonds. The minimum atomic E-state index is -0.152. The normalized spacial score (nSPS) is 21.5. The second-order valence-electron chi connectivity index (χ2n) is 5.19. The number of aryl methyl sites for hydroxylation is 1. The van der Waals surface area contributed by atoms with Crippen molar-refractivity contribution >= 4 is 17.2 Å². The molecule has 1 saturated carbocycles. The Morgan fingerprint density at radius 3 is 2.90 bits per heavy atom. The van der Waals surface area contributed by atoms with Gasteiger partial charge in [0.25, 0.3) is 0 Å². The molecule has 3 rings (SSSR count). The number of thiazole rings is 1. The van der Waals surface area contributed by atoms with Crippen molar-refractivity contribution in [2.24, 2.45) is 0 Å². The number of rotatable bonds is 5. The van der Waals surface area contributed by atoms with E-state index >= 15 is 0 Å². The van der Waals surface area contributed by atoms with Gasteiger partial charge in [-0.1, -0.05) is 0 Å². The number of anilines is 1. The maximum absolute atomic E-state index is 9.36. The Hall–Kier alpha value is -1.53. The van der Waals surface area contributed by atoms with Crippen molar-refractivity contribution in [1.82, 2.24) is 15.0 Å². The summed E-state index contributed by atoms with van der Waals surface area (Å²) in [6.07, 6.45) is 4.03. The van der Waals surface area contributed by atoms with Crippen LogP contribution in [0.25, 0.3) is 0 Å². The van der Waals surface area contributed by atoms with Gasteiger partial charge in [-0.2, -0.15) is 0 Å². The first-order valence-electron chi connectivity index (χ1n) is 6.85. The Kier molecular flexibility index (Phi) is 3.93. The number of aliphatic hydroxyl groups is 1. The van der Waals surface area contributed by atoms with Crippen molar-refractivity contribution in [3.05, 3.63) is 34.2 Å². The van der Waals surface area contributed by atoms with Gasteiger partial charge in [-0.25, -0.2) is 15.0 Å². The fourth-order valence-electron chi connectivity index (χ4n) is 2.39. The second kappa shape index (κ2) is 5.85. The Bertz CT molecular complexity index is 580. The Labute approximate surface area is 122 Å². The third kappa shape index (κ3) is 2.96. The Balaban J connectivity index is 1.55. The van der Waals surface area contributed by atoms with Gasteiger partial charge < -0.3 is 10.4 Å². The van der Waals surface area contributed by atoms with Crippen LogP contribution in [0, 0.1) is 6.92 Å². The summed E-state index contributed by atoms with van der Waals surface area (Å²) in [6.45, 7) is 2.88. The highest BCUT2D eigenvalue weighted by molar-refractivity contribution is 7.09. The molecule has 0 saturated heterocycles. The van der Waals surface area contributed by atoms with Crippen LogP contribution >= 0.6 is 11.3 Å². The summed E-state index contributed by atoms with van der Waals surface area (Å²) in [4.78, 5) is 14.1. The molecule has 2 heterocycles. The summed E-state index contributed by atoms with van der Waals surface area (Å²) in [5.74, 6) is 1.25. The molecule has 20 heavy (non-hydrogen) atoms. The van der Waals surface area contributed by atoms with Gasteiger partial charge >= 0.3 is 0 Å². The number of aromatic nitrogens is 3. The van der Waals surface area contributed by atoms with Crippen LogP contribution in [0.3, 0.4) is 0 Å². The summed E-state index contributed by atoms with van der Waals surface area (Å²) in [7, 11) is 0. The molecule has 0 spiro atoms. The summed E-state index contributed by atoms with van der Waals surface area (Å²) < 4.78 is 0. The molecule has 0 atom stereocenters. The van der Waals surface area contributed by atoms with Crippen LogP contribution in [0.5, 0.6) is 0 Å². The van der Waals surface area contributed by atoms with E-state index in [1.54, 1.807) is 17.7 Å². The lowest BCUT2D eigenvalue weighted by molar-refractivity contribution is 0.0732. The molecule has 1 aliphatic carbocycles. The average molecular weight is 290 g/mol. The maximum atomic E-state index is 9.36. The number of hydrogen-bond acceptors (Lipinski definition) is 6. The smallest absolute Gasteiger partial charge is 0.129 e. The third-order valence-electron chi connectivity index (χ3n) is 3.72. The van der Waals surface area contributed by atoms with Gasteiger partial charge in [-0.15, -0.1) is 11.3 Å². The van der Waals surface area contributed by atoms with Crippen LogP contribution in [-0.2, 0) is 6.42 Å². The predicted molar refractivity (Wildman–Crippen MR) is 79.1 cm³/mol. The van der Waals surface area contributed by atoms with E-state index < -0.39 is 0 Å². The van der Waals surface area contributed by atoms with Crippen LogP contribution in [0.15, 0.2) is 17.9 Å². The fraction of sp³-hybridized carbons (Fsp3) is 0.500. The SMILES string of the molecule is Cc1ncsc1CCNc1cc(C2CC(O)C2)ncn1. The highest BCUT2D eigenvalue weighted by Gasteiger charge is 2.29. The van der Waals surface area contributed by atoms with Gasteiger partial charge in [0.15, 0.2) is 0 Å². The number of nitrogens with zero attached hydrogens (tertiary/aromatic N) is 3. The standard InChI is InChI=1S/C14H18N4OS/c1-9-13(20-8-18-9)2-3-15-14-6-12(16-7-17-14)10-4-11(19)5-10/h6-8,10-11,19H,2-5H2,1H3,(H,15,16,17). The molecular formula is C14H18N4OS. The van der Waals surface area contributed by atoms with E-state index in [0.29, 0.717) is 5.92 Å². The van der Waals surface area contributed by atoms with Gasteiger partial charge in [0.2, 0.25) is 0 Å². The fourth-order valence-corrected chi connectivity index (χ4v) is 3.17. The van der Waals surface area contributed by atoms with Crippen molar-refractivity contribution in [3.8, 4) is 0 Å². The molecular weight excluding hydrogens is 272 g/mol. The lowest BCUT2D eigenvalue weighted by Gasteiger charge is -2.30. The lowest BCUT2D eigenvalue weighted by Crippen LogP contribution is -2.27. The van der Waals surface area contributed by atoms with Crippen molar-refractivity contribution in [3.63, 3.8) is 0 Å². The second-order valence-corrected chi connectivity index (χ2v) is 6.13. The number of hydrogen-bond donors (Lipinski definition) is 2. The monoisotopic (exact) mass is 290 g/mol. The molecule has 1 aliphatic rings.